The molecule has 0 bridgehead atoms. The highest BCUT2D eigenvalue weighted by molar-refractivity contribution is 4.84. The molecular weight excluding hydrogens is 617 g/mol. The zero-order valence-electron chi connectivity index (χ0n) is 35.6. The van der Waals surface area contributed by atoms with Crippen LogP contribution >= 0.6 is 0 Å². The third-order valence-electron chi connectivity index (χ3n) is 11.7. The van der Waals surface area contributed by atoms with Crippen LogP contribution < -0.4 is 0 Å². The number of ether oxygens (including phenoxy) is 1. The molecule has 1 rings (SSSR count). The second-order valence-corrected chi connectivity index (χ2v) is 16.9. The van der Waals surface area contributed by atoms with Crippen molar-refractivity contribution < 1.29 is 4.74 Å². The van der Waals surface area contributed by atoms with Gasteiger partial charge in [0.05, 0.1) is 12.2 Å². The molecule has 0 aromatic rings. The summed E-state index contributed by atoms with van der Waals surface area (Å²) in [4.78, 5) is 0. The topological polar surface area (TPSA) is 12.5 Å². The van der Waals surface area contributed by atoms with Crippen molar-refractivity contribution in [1.29, 1.82) is 0 Å². The van der Waals surface area contributed by atoms with E-state index in [2.05, 4.69) is 38.2 Å². The Morgan fingerprint density at radius 3 is 0.706 bits per heavy atom. The molecule has 1 nitrogen and oxygen atoms in total. The lowest BCUT2D eigenvalue weighted by molar-refractivity contribution is 0.347. The number of hydrogen-bond acceptors (Lipinski definition) is 1. The Kier molecular flexibility index (Phi) is 40.1. The molecule has 0 aromatic carbocycles. The molecule has 0 aromatic heterocycles. The second-order valence-electron chi connectivity index (χ2n) is 16.9. The monoisotopic (exact) mass is 713 g/mol. The summed E-state index contributed by atoms with van der Waals surface area (Å²) in [5.74, 6) is 0. The Hall–Kier alpha value is -0.560. The van der Waals surface area contributed by atoms with Gasteiger partial charge in [0.15, 0.2) is 0 Å². The number of epoxide rings is 1. The lowest BCUT2D eigenvalue weighted by atomic mass is 10.0. The first-order valence-electron chi connectivity index (χ1n) is 24.3. The maximum atomic E-state index is 6.00. The molecule has 0 radical (unpaired) electrons. The summed E-state index contributed by atoms with van der Waals surface area (Å²) in [5.41, 5.74) is 0. The largest absolute Gasteiger partial charge is 0.370 e. The van der Waals surface area contributed by atoms with Gasteiger partial charge in [-0.05, 0) is 64.2 Å². The van der Waals surface area contributed by atoms with Gasteiger partial charge in [0, 0.05) is 0 Å². The van der Waals surface area contributed by atoms with E-state index in [0.717, 1.165) is 0 Å². The number of unbranched alkanes of at least 4 members (excludes halogenated alkanes) is 36. The van der Waals surface area contributed by atoms with Crippen LogP contribution in [0.15, 0.2) is 24.3 Å². The van der Waals surface area contributed by atoms with E-state index in [-0.39, 0.29) is 0 Å². The Morgan fingerprint density at radius 2 is 0.451 bits per heavy atom. The van der Waals surface area contributed by atoms with Crippen molar-refractivity contribution in [3.63, 3.8) is 0 Å². The molecule has 1 heteroatoms. The van der Waals surface area contributed by atoms with Crippen LogP contribution in [0, 0.1) is 0 Å². The molecule has 51 heavy (non-hydrogen) atoms. The first kappa shape index (κ1) is 48.5. The molecule has 1 saturated heterocycles. The first-order valence-corrected chi connectivity index (χ1v) is 24.3. The van der Waals surface area contributed by atoms with E-state index in [0.29, 0.717) is 12.2 Å². The van der Waals surface area contributed by atoms with Gasteiger partial charge in [0.25, 0.3) is 0 Å². The molecule has 0 spiro atoms. The predicted octanol–water partition coefficient (Wildman–Crippen LogP) is 18.3. The molecule has 1 aliphatic heterocycles. The van der Waals surface area contributed by atoms with E-state index < -0.39 is 0 Å². The summed E-state index contributed by atoms with van der Waals surface area (Å²) in [5, 5.41) is 0. The smallest absolute Gasteiger partial charge is 0.0841 e. The SMILES string of the molecule is CCCCCC/C=C\CCCCCCCCCCCCCCCCC1OC1CCCCCCCCCCCC/C=C\CCCCCCCCCC. The Bertz CT molecular complexity index is 693. The zero-order valence-corrected chi connectivity index (χ0v) is 35.6. The average molecular weight is 713 g/mol. The quantitative estimate of drug-likeness (QED) is 0.0348. The molecule has 2 atom stereocenters. The predicted molar refractivity (Wildman–Crippen MR) is 232 cm³/mol. The van der Waals surface area contributed by atoms with E-state index in [1.807, 2.05) is 0 Å². The van der Waals surface area contributed by atoms with Crippen LogP contribution in [0.1, 0.15) is 284 Å². The van der Waals surface area contributed by atoms with Gasteiger partial charge in [0.1, 0.15) is 0 Å². The van der Waals surface area contributed by atoms with Gasteiger partial charge in [0.2, 0.25) is 0 Å². The third kappa shape index (κ3) is 39.0. The van der Waals surface area contributed by atoms with E-state index >= 15 is 0 Å². The van der Waals surface area contributed by atoms with Crippen LogP contribution in [-0.4, -0.2) is 12.2 Å². The maximum absolute atomic E-state index is 6.00. The van der Waals surface area contributed by atoms with Crippen LogP contribution in [-0.2, 0) is 4.74 Å². The van der Waals surface area contributed by atoms with Crippen molar-refractivity contribution in [2.45, 2.75) is 296 Å². The van der Waals surface area contributed by atoms with Gasteiger partial charge in [-0.3, -0.25) is 0 Å². The van der Waals surface area contributed by atoms with Crippen LogP contribution in [0.2, 0.25) is 0 Å². The van der Waals surface area contributed by atoms with Gasteiger partial charge in [-0.15, -0.1) is 0 Å². The lowest BCUT2D eigenvalue weighted by Gasteiger charge is -2.03. The minimum Gasteiger partial charge on any atom is -0.370 e. The molecule has 0 aliphatic carbocycles. The number of rotatable bonds is 44. The number of allylic oxidation sites excluding steroid dienone is 4. The fourth-order valence-electron chi connectivity index (χ4n) is 7.99. The first-order chi connectivity index (χ1) is 25.4. The molecule has 302 valence electrons. The van der Waals surface area contributed by atoms with Crippen LogP contribution in [0.4, 0.5) is 0 Å². The van der Waals surface area contributed by atoms with Crippen molar-refractivity contribution >= 4 is 0 Å². The maximum Gasteiger partial charge on any atom is 0.0841 e. The lowest BCUT2D eigenvalue weighted by Crippen LogP contribution is -1.95. The fourth-order valence-corrected chi connectivity index (χ4v) is 7.99. The Labute approximate surface area is 323 Å². The molecule has 2 unspecified atom stereocenters. The van der Waals surface area contributed by atoms with Gasteiger partial charge in [-0.25, -0.2) is 0 Å². The molecule has 1 aliphatic rings. The Morgan fingerprint density at radius 1 is 0.255 bits per heavy atom. The Balaban J connectivity index is 1.67. The zero-order chi connectivity index (χ0) is 36.4. The van der Waals surface area contributed by atoms with Crippen molar-refractivity contribution in [3.05, 3.63) is 24.3 Å². The summed E-state index contributed by atoms with van der Waals surface area (Å²) in [6.45, 7) is 4.59. The standard InChI is InChI=1S/C50H96O/c1-3-5-7-9-11-13-15-17-19-21-23-25-27-29-31-33-35-37-39-41-43-45-47-49-50(51-49)48-46-44-42-40-38-36-34-32-30-28-26-24-22-20-18-16-14-12-10-8-6-4-2/h13,15,22,24,49-50H,3-12,14,16-21,23,25-48H2,1-2H3/b15-13-,24-22-. The molecule has 1 fully saturated rings. The van der Waals surface area contributed by atoms with Gasteiger partial charge in [-0.1, -0.05) is 244 Å². The summed E-state index contributed by atoms with van der Waals surface area (Å²) in [6, 6.07) is 0. The van der Waals surface area contributed by atoms with E-state index in [9.17, 15) is 0 Å². The average Bonchev–Trinajstić information content (AvgIpc) is 3.90. The van der Waals surface area contributed by atoms with Crippen molar-refractivity contribution in [3.8, 4) is 0 Å². The minimum atomic E-state index is 0.622. The molecule has 0 saturated carbocycles. The summed E-state index contributed by atoms with van der Waals surface area (Å²) in [7, 11) is 0. The van der Waals surface area contributed by atoms with Crippen LogP contribution in [0.25, 0.3) is 0 Å². The summed E-state index contributed by atoms with van der Waals surface area (Å²) < 4.78 is 6.00. The normalized spacial score (nSPS) is 16.0. The van der Waals surface area contributed by atoms with Crippen molar-refractivity contribution in [2.75, 3.05) is 0 Å². The van der Waals surface area contributed by atoms with Crippen molar-refractivity contribution in [2.24, 2.45) is 0 Å². The summed E-state index contributed by atoms with van der Waals surface area (Å²) >= 11 is 0. The van der Waals surface area contributed by atoms with Crippen molar-refractivity contribution in [1.82, 2.24) is 0 Å². The highest BCUT2D eigenvalue weighted by Gasteiger charge is 2.36. The molecule has 1 heterocycles. The summed E-state index contributed by atoms with van der Waals surface area (Å²) in [6.07, 6.45) is 70.6. The molecule has 0 amide bonds. The third-order valence-corrected chi connectivity index (χ3v) is 11.7. The van der Waals surface area contributed by atoms with E-state index in [1.54, 1.807) is 0 Å². The molecule has 0 N–H and O–H groups in total. The second kappa shape index (κ2) is 42.2. The van der Waals surface area contributed by atoms with Crippen LogP contribution in [0.5, 0.6) is 0 Å². The van der Waals surface area contributed by atoms with E-state index in [4.69, 9.17) is 4.74 Å². The van der Waals surface area contributed by atoms with E-state index in [1.165, 1.54) is 270 Å². The van der Waals surface area contributed by atoms with Gasteiger partial charge in [-0.2, -0.15) is 0 Å². The van der Waals surface area contributed by atoms with Gasteiger partial charge < -0.3 is 4.74 Å². The van der Waals surface area contributed by atoms with Crippen LogP contribution in [0.3, 0.4) is 0 Å². The number of hydrogen-bond donors (Lipinski definition) is 0. The fraction of sp³-hybridized carbons (Fsp3) is 0.920. The molecular formula is C50H96O. The minimum absolute atomic E-state index is 0.622. The van der Waals surface area contributed by atoms with Gasteiger partial charge >= 0.3 is 0 Å². The highest BCUT2D eigenvalue weighted by atomic mass is 16.6. The highest BCUT2D eigenvalue weighted by Crippen LogP contribution is 2.32.